The van der Waals surface area contributed by atoms with Crippen LogP contribution in [-0.4, -0.2) is 36.4 Å². The lowest BCUT2D eigenvalue weighted by molar-refractivity contribution is 0.0602. The van der Waals surface area contributed by atoms with Crippen molar-refractivity contribution in [3.05, 3.63) is 29.8 Å². The van der Waals surface area contributed by atoms with Crippen LogP contribution in [0.1, 0.15) is 24.2 Å². The van der Waals surface area contributed by atoms with Crippen LogP contribution in [0, 0.1) is 0 Å². The summed E-state index contributed by atoms with van der Waals surface area (Å²) in [5, 5.41) is 14.2. The largest absolute Gasteiger partial charge is 0.465 e. The van der Waals surface area contributed by atoms with Crippen LogP contribution >= 0.6 is 0 Å². The van der Waals surface area contributed by atoms with E-state index in [9.17, 15) is 9.59 Å². The SMILES string of the molecule is COC(=O)c1ccccc1NC(=O)NC(C)(C)CO. The van der Waals surface area contributed by atoms with Crippen molar-refractivity contribution >= 4 is 17.7 Å². The van der Waals surface area contributed by atoms with Crippen LogP contribution in [-0.2, 0) is 4.74 Å². The van der Waals surface area contributed by atoms with Crippen molar-refractivity contribution in [2.75, 3.05) is 19.0 Å². The maximum Gasteiger partial charge on any atom is 0.339 e. The van der Waals surface area contributed by atoms with Gasteiger partial charge in [-0.25, -0.2) is 9.59 Å². The van der Waals surface area contributed by atoms with Crippen LogP contribution < -0.4 is 10.6 Å². The number of hydrogen-bond donors (Lipinski definition) is 3. The highest BCUT2D eigenvalue weighted by molar-refractivity contribution is 6.00. The van der Waals surface area contributed by atoms with Gasteiger partial charge in [-0.2, -0.15) is 0 Å². The van der Waals surface area contributed by atoms with Crippen LogP contribution in [0.4, 0.5) is 10.5 Å². The van der Waals surface area contributed by atoms with E-state index < -0.39 is 17.5 Å². The first-order valence-corrected chi connectivity index (χ1v) is 5.77. The zero-order chi connectivity index (χ0) is 14.5. The maximum atomic E-state index is 11.8. The second kappa shape index (κ2) is 6.19. The van der Waals surface area contributed by atoms with Crippen LogP contribution in [0.3, 0.4) is 0 Å². The number of ether oxygens (including phenoxy) is 1. The standard InChI is InChI=1S/C13H18N2O4/c1-13(2,8-16)15-12(18)14-10-7-5-4-6-9(10)11(17)19-3/h4-7,16H,8H2,1-3H3,(H2,14,15,18). The number of anilines is 1. The Bertz CT molecular complexity index is 471. The van der Waals surface area contributed by atoms with E-state index in [1.54, 1.807) is 38.1 Å². The van der Waals surface area contributed by atoms with Gasteiger partial charge in [-0.15, -0.1) is 0 Å². The normalized spacial score (nSPS) is 10.7. The number of esters is 1. The number of amides is 2. The Morgan fingerprint density at radius 3 is 2.53 bits per heavy atom. The molecule has 0 aliphatic carbocycles. The van der Waals surface area contributed by atoms with Gasteiger partial charge in [-0.05, 0) is 26.0 Å². The topological polar surface area (TPSA) is 87.7 Å². The molecule has 0 fully saturated rings. The number of carbonyl (C=O) groups is 2. The second-order valence-electron chi connectivity index (χ2n) is 4.66. The molecule has 1 rings (SSSR count). The van der Waals surface area contributed by atoms with Gasteiger partial charge in [0.25, 0.3) is 0 Å². The Kier molecular flexibility index (Phi) is 4.88. The Balaban J connectivity index is 2.83. The average Bonchev–Trinajstić information content (AvgIpc) is 2.37. The van der Waals surface area contributed by atoms with Gasteiger partial charge in [0.15, 0.2) is 0 Å². The number of urea groups is 1. The third kappa shape index (κ3) is 4.26. The molecule has 0 aliphatic heterocycles. The number of nitrogens with one attached hydrogen (secondary N) is 2. The van der Waals surface area contributed by atoms with Crippen LogP contribution in [0.15, 0.2) is 24.3 Å². The second-order valence-corrected chi connectivity index (χ2v) is 4.66. The molecule has 0 aliphatic rings. The maximum absolute atomic E-state index is 11.8. The third-order valence-corrected chi connectivity index (χ3v) is 2.43. The van der Waals surface area contributed by atoms with Gasteiger partial charge in [0.05, 0.1) is 30.5 Å². The minimum absolute atomic E-state index is 0.195. The quantitative estimate of drug-likeness (QED) is 0.718. The Hall–Kier alpha value is -2.08. The van der Waals surface area contributed by atoms with Gasteiger partial charge < -0.3 is 20.5 Å². The van der Waals surface area contributed by atoms with Crippen molar-refractivity contribution in [1.29, 1.82) is 0 Å². The smallest absolute Gasteiger partial charge is 0.339 e. The third-order valence-electron chi connectivity index (χ3n) is 2.43. The summed E-state index contributed by atoms with van der Waals surface area (Å²) >= 11 is 0. The van der Waals surface area contributed by atoms with Gasteiger partial charge in [-0.3, -0.25) is 0 Å². The molecular weight excluding hydrogens is 248 g/mol. The molecule has 6 heteroatoms. The predicted molar refractivity (Wildman–Crippen MR) is 71.1 cm³/mol. The van der Waals surface area contributed by atoms with Crippen LogP contribution in [0.5, 0.6) is 0 Å². The fourth-order valence-electron chi connectivity index (χ4n) is 1.38. The number of hydrogen-bond acceptors (Lipinski definition) is 4. The molecule has 0 aromatic heterocycles. The zero-order valence-corrected chi connectivity index (χ0v) is 11.2. The lowest BCUT2D eigenvalue weighted by atomic mass is 10.1. The van der Waals surface area contributed by atoms with Gasteiger partial charge in [0.2, 0.25) is 0 Å². The number of aliphatic hydroxyl groups is 1. The number of carbonyl (C=O) groups excluding carboxylic acids is 2. The molecule has 0 unspecified atom stereocenters. The molecule has 0 atom stereocenters. The van der Waals surface area contributed by atoms with Crippen molar-refractivity contribution < 1.29 is 19.4 Å². The average molecular weight is 266 g/mol. The summed E-state index contributed by atoms with van der Waals surface area (Å²) in [6.07, 6.45) is 0. The molecule has 0 bridgehead atoms. The van der Waals surface area contributed by atoms with Gasteiger partial charge in [0, 0.05) is 0 Å². The van der Waals surface area contributed by atoms with Gasteiger partial charge in [-0.1, -0.05) is 12.1 Å². The van der Waals surface area contributed by atoms with E-state index in [2.05, 4.69) is 15.4 Å². The molecule has 0 saturated carbocycles. The van der Waals surface area contributed by atoms with Crippen molar-refractivity contribution in [2.45, 2.75) is 19.4 Å². The number of rotatable bonds is 4. The molecule has 2 amide bonds. The highest BCUT2D eigenvalue weighted by Gasteiger charge is 2.20. The van der Waals surface area contributed by atoms with Crippen molar-refractivity contribution in [2.24, 2.45) is 0 Å². The number of para-hydroxylation sites is 1. The first-order chi connectivity index (χ1) is 8.89. The summed E-state index contributed by atoms with van der Waals surface area (Å²) in [4.78, 5) is 23.3. The zero-order valence-electron chi connectivity index (χ0n) is 11.2. The fraction of sp³-hybridized carbons (Fsp3) is 0.385. The summed E-state index contributed by atoms with van der Waals surface area (Å²) < 4.78 is 4.63. The van der Waals surface area contributed by atoms with E-state index in [0.29, 0.717) is 5.69 Å². The van der Waals surface area contributed by atoms with E-state index >= 15 is 0 Å². The first-order valence-electron chi connectivity index (χ1n) is 5.77. The Labute approximate surface area is 111 Å². The minimum atomic E-state index is -0.746. The molecule has 0 heterocycles. The van der Waals surface area contributed by atoms with Crippen LogP contribution in [0.25, 0.3) is 0 Å². The molecular formula is C13H18N2O4. The molecule has 1 aromatic rings. The highest BCUT2D eigenvalue weighted by atomic mass is 16.5. The van der Waals surface area contributed by atoms with Gasteiger partial charge >= 0.3 is 12.0 Å². The fourth-order valence-corrected chi connectivity index (χ4v) is 1.38. The Morgan fingerprint density at radius 2 is 1.95 bits per heavy atom. The van der Waals surface area contributed by atoms with E-state index in [-0.39, 0.29) is 12.2 Å². The number of aliphatic hydroxyl groups excluding tert-OH is 1. The molecule has 104 valence electrons. The highest BCUT2D eigenvalue weighted by Crippen LogP contribution is 2.16. The lowest BCUT2D eigenvalue weighted by Gasteiger charge is -2.23. The Morgan fingerprint density at radius 1 is 1.32 bits per heavy atom. The number of benzene rings is 1. The van der Waals surface area contributed by atoms with Crippen molar-refractivity contribution in [3.63, 3.8) is 0 Å². The van der Waals surface area contributed by atoms with E-state index in [1.165, 1.54) is 7.11 Å². The van der Waals surface area contributed by atoms with Crippen molar-refractivity contribution in [3.8, 4) is 0 Å². The van der Waals surface area contributed by atoms with Crippen molar-refractivity contribution in [1.82, 2.24) is 5.32 Å². The first kappa shape index (κ1) is 15.0. The van der Waals surface area contributed by atoms with E-state index in [0.717, 1.165) is 0 Å². The summed E-state index contributed by atoms with van der Waals surface area (Å²) in [5.41, 5.74) is -0.132. The lowest BCUT2D eigenvalue weighted by Crippen LogP contribution is -2.48. The molecule has 1 aromatic carbocycles. The summed E-state index contributed by atoms with van der Waals surface area (Å²) in [7, 11) is 1.27. The van der Waals surface area contributed by atoms with Crippen LogP contribution in [0.2, 0.25) is 0 Å². The molecule has 19 heavy (non-hydrogen) atoms. The summed E-state index contributed by atoms with van der Waals surface area (Å²) in [5.74, 6) is -0.530. The monoisotopic (exact) mass is 266 g/mol. The predicted octanol–water partition coefficient (Wildman–Crippen LogP) is 1.37. The summed E-state index contributed by atoms with van der Waals surface area (Å²) in [6.45, 7) is 3.16. The van der Waals surface area contributed by atoms with E-state index in [4.69, 9.17) is 5.11 Å². The molecule has 0 radical (unpaired) electrons. The molecule has 0 spiro atoms. The molecule has 0 saturated heterocycles. The number of methoxy groups -OCH3 is 1. The van der Waals surface area contributed by atoms with E-state index in [1.807, 2.05) is 0 Å². The van der Waals surface area contributed by atoms with Gasteiger partial charge in [0.1, 0.15) is 0 Å². The molecule has 3 N–H and O–H groups in total. The molecule has 6 nitrogen and oxygen atoms in total. The minimum Gasteiger partial charge on any atom is -0.465 e. The summed E-state index contributed by atoms with van der Waals surface area (Å²) in [6, 6.07) is 6.01.